The number of nitrogens with one attached hydrogen (secondary N) is 2. The van der Waals surface area contributed by atoms with Crippen LogP contribution in [0.5, 0.6) is 0 Å². The Hall–Kier alpha value is -3.09. The van der Waals surface area contributed by atoms with Gasteiger partial charge in [-0.1, -0.05) is 0 Å². The summed E-state index contributed by atoms with van der Waals surface area (Å²) in [6, 6.07) is 9.65. The molecule has 1 aromatic heterocycles. The lowest BCUT2D eigenvalue weighted by Crippen LogP contribution is -2.23. The van der Waals surface area contributed by atoms with Gasteiger partial charge in [0, 0.05) is 17.4 Å². The Morgan fingerprint density at radius 2 is 1.95 bits per heavy atom. The van der Waals surface area contributed by atoms with Crippen molar-refractivity contribution in [3.63, 3.8) is 0 Å². The van der Waals surface area contributed by atoms with Crippen LogP contribution in [0.25, 0.3) is 0 Å². The molecule has 1 saturated heterocycles. The maximum Gasteiger partial charge on any atom is 0.414 e. The second-order valence-corrected chi connectivity index (χ2v) is 4.68. The first-order valence-corrected chi connectivity index (χ1v) is 6.68. The van der Waals surface area contributed by atoms with E-state index in [4.69, 9.17) is 4.74 Å². The summed E-state index contributed by atoms with van der Waals surface area (Å²) in [6.07, 6.45) is 1.09. The Morgan fingerprint density at radius 1 is 1.18 bits per heavy atom. The van der Waals surface area contributed by atoms with Crippen molar-refractivity contribution in [3.05, 3.63) is 58.5 Å². The van der Waals surface area contributed by atoms with Crippen molar-refractivity contribution in [1.29, 1.82) is 0 Å². The highest BCUT2D eigenvalue weighted by molar-refractivity contribution is 6.04. The number of hydrogen-bond donors (Lipinski definition) is 2. The Labute approximate surface area is 125 Å². The molecule has 0 spiro atoms. The van der Waals surface area contributed by atoms with E-state index in [0.29, 0.717) is 24.4 Å². The van der Waals surface area contributed by atoms with Gasteiger partial charge in [0.2, 0.25) is 0 Å². The summed E-state index contributed by atoms with van der Waals surface area (Å²) in [6.45, 7) is 0.849. The number of carbonyl (C=O) groups is 2. The molecule has 0 saturated carbocycles. The maximum absolute atomic E-state index is 12.1. The molecule has 3 rings (SSSR count). The zero-order valence-corrected chi connectivity index (χ0v) is 11.5. The molecule has 0 atom stereocenters. The van der Waals surface area contributed by atoms with Crippen LogP contribution in [0, 0.1) is 0 Å². The van der Waals surface area contributed by atoms with Crippen molar-refractivity contribution in [2.24, 2.45) is 0 Å². The second kappa shape index (κ2) is 5.72. The van der Waals surface area contributed by atoms with Crippen molar-refractivity contribution in [2.45, 2.75) is 0 Å². The molecule has 112 valence electrons. The molecule has 2 heterocycles. The number of nitrogens with zero attached hydrogens (tertiary/aromatic N) is 1. The molecule has 0 unspecified atom stereocenters. The summed E-state index contributed by atoms with van der Waals surface area (Å²) in [5.74, 6) is -0.396. The molecule has 7 nitrogen and oxygen atoms in total. The molecule has 0 aliphatic carbocycles. The fourth-order valence-corrected chi connectivity index (χ4v) is 2.14. The van der Waals surface area contributed by atoms with Crippen LogP contribution < -0.4 is 15.8 Å². The molecule has 1 fully saturated rings. The highest BCUT2D eigenvalue weighted by Gasteiger charge is 2.23. The van der Waals surface area contributed by atoms with Gasteiger partial charge in [-0.25, -0.2) is 4.79 Å². The average molecular weight is 299 g/mol. The van der Waals surface area contributed by atoms with Gasteiger partial charge in [-0.3, -0.25) is 14.5 Å². The van der Waals surface area contributed by atoms with E-state index in [2.05, 4.69) is 10.3 Å². The van der Waals surface area contributed by atoms with Gasteiger partial charge >= 0.3 is 6.09 Å². The minimum atomic E-state index is -0.396. The second-order valence-electron chi connectivity index (χ2n) is 4.68. The standard InChI is InChI=1S/C15H13N3O4/c19-13(17-12-2-1-7-16-14(12)20)10-3-5-11(6-4-10)18-8-9-22-15(18)21/h1-7H,8-9H2,(H,16,20)(H,17,19). The van der Waals surface area contributed by atoms with E-state index in [0.717, 1.165) is 0 Å². The molecule has 0 bridgehead atoms. The first-order chi connectivity index (χ1) is 10.6. The average Bonchev–Trinajstić information content (AvgIpc) is 2.96. The van der Waals surface area contributed by atoms with Gasteiger partial charge in [0.1, 0.15) is 12.3 Å². The summed E-state index contributed by atoms with van der Waals surface area (Å²) < 4.78 is 4.86. The molecule has 1 aliphatic rings. The third-order valence-corrected chi connectivity index (χ3v) is 3.27. The largest absolute Gasteiger partial charge is 0.447 e. The minimum Gasteiger partial charge on any atom is -0.447 e. The van der Waals surface area contributed by atoms with Crippen LogP contribution in [0.4, 0.5) is 16.2 Å². The van der Waals surface area contributed by atoms with Crippen molar-refractivity contribution in [3.8, 4) is 0 Å². The number of rotatable bonds is 3. The van der Waals surface area contributed by atoms with E-state index >= 15 is 0 Å². The molecule has 22 heavy (non-hydrogen) atoms. The first kappa shape index (κ1) is 13.9. The predicted octanol–water partition coefficient (Wildman–Crippen LogP) is 1.58. The summed E-state index contributed by atoms with van der Waals surface area (Å²) in [4.78, 5) is 39.0. The van der Waals surface area contributed by atoms with Crippen LogP contribution in [0.1, 0.15) is 10.4 Å². The lowest BCUT2D eigenvalue weighted by Gasteiger charge is -2.12. The van der Waals surface area contributed by atoms with Crippen molar-refractivity contribution < 1.29 is 14.3 Å². The third-order valence-electron chi connectivity index (χ3n) is 3.27. The van der Waals surface area contributed by atoms with Gasteiger partial charge in [-0.2, -0.15) is 0 Å². The summed E-state index contributed by atoms with van der Waals surface area (Å²) in [5, 5.41) is 2.54. The van der Waals surface area contributed by atoms with Gasteiger partial charge < -0.3 is 15.0 Å². The zero-order valence-electron chi connectivity index (χ0n) is 11.5. The van der Waals surface area contributed by atoms with E-state index in [1.165, 1.54) is 17.2 Å². The quantitative estimate of drug-likeness (QED) is 0.900. The highest BCUT2D eigenvalue weighted by atomic mass is 16.6. The van der Waals surface area contributed by atoms with E-state index in [9.17, 15) is 14.4 Å². The van der Waals surface area contributed by atoms with Gasteiger partial charge in [0.25, 0.3) is 11.5 Å². The van der Waals surface area contributed by atoms with Crippen LogP contribution in [0.15, 0.2) is 47.4 Å². The van der Waals surface area contributed by atoms with Crippen LogP contribution in [-0.2, 0) is 4.74 Å². The molecule has 7 heteroatoms. The molecular formula is C15H13N3O4. The van der Waals surface area contributed by atoms with Crippen LogP contribution in [0.3, 0.4) is 0 Å². The monoisotopic (exact) mass is 299 g/mol. The number of aromatic nitrogens is 1. The minimum absolute atomic E-state index is 0.180. The van der Waals surface area contributed by atoms with E-state index in [-0.39, 0.29) is 11.2 Å². The molecule has 2 N–H and O–H groups in total. The lowest BCUT2D eigenvalue weighted by molar-refractivity contribution is 0.102. The third kappa shape index (κ3) is 2.69. The van der Waals surface area contributed by atoms with Crippen LogP contribution in [0.2, 0.25) is 0 Å². The molecule has 1 aliphatic heterocycles. The Bertz CT molecular complexity index is 767. The normalized spacial score (nSPS) is 13.8. The number of amides is 2. The zero-order chi connectivity index (χ0) is 15.5. The Balaban J connectivity index is 1.75. The number of carbonyl (C=O) groups excluding carboxylic acids is 2. The number of pyridine rings is 1. The van der Waals surface area contributed by atoms with Gasteiger partial charge in [0.15, 0.2) is 0 Å². The van der Waals surface area contributed by atoms with Crippen molar-refractivity contribution in [2.75, 3.05) is 23.4 Å². The fourth-order valence-electron chi connectivity index (χ4n) is 2.14. The van der Waals surface area contributed by atoms with Crippen molar-refractivity contribution >= 4 is 23.4 Å². The summed E-state index contributed by atoms with van der Waals surface area (Å²) in [5.41, 5.74) is 0.864. The van der Waals surface area contributed by atoms with Crippen LogP contribution >= 0.6 is 0 Å². The van der Waals surface area contributed by atoms with Gasteiger partial charge in [-0.15, -0.1) is 0 Å². The Kier molecular flexibility index (Phi) is 3.61. The summed E-state index contributed by atoms with van der Waals surface area (Å²) in [7, 11) is 0. The molecule has 2 aromatic rings. The predicted molar refractivity (Wildman–Crippen MR) is 80.2 cm³/mol. The van der Waals surface area contributed by atoms with E-state index in [1.807, 2.05) is 0 Å². The molecule has 0 radical (unpaired) electrons. The fraction of sp³-hybridized carbons (Fsp3) is 0.133. The topological polar surface area (TPSA) is 91.5 Å². The number of H-pyrrole nitrogens is 1. The Morgan fingerprint density at radius 3 is 2.59 bits per heavy atom. The number of anilines is 2. The SMILES string of the molecule is O=C(Nc1ccc[nH]c1=O)c1ccc(N2CCOC2=O)cc1. The van der Waals surface area contributed by atoms with Gasteiger partial charge in [-0.05, 0) is 36.4 Å². The smallest absolute Gasteiger partial charge is 0.414 e. The molecule has 2 amide bonds. The van der Waals surface area contributed by atoms with E-state index in [1.54, 1.807) is 30.3 Å². The van der Waals surface area contributed by atoms with Crippen molar-refractivity contribution in [1.82, 2.24) is 4.98 Å². The number of ether oxygens (including phenoxy) is 1. The lowest BCUT2D eigenvalue weighted by atomic mass is 10.2. The number of cyclic esters (lactones) is 1. The first-order valence-electron chi connectivity index (χ1n) is 6.68. The van der Waals surface area contributed by atoms with E-state index < -0.39 is 12.0 Å². The number of aromatic amines is 1. The number of hydrogen-bond acceptors (Lipinski definition) is 4. The highest BCUT2D eigenvalue weighted by Crippen LogP contribution is 2.19. The van der Waals surface area contributed by atoms with Crippen LogP contribution in [-0.4, -0.2) is 30.1 Å². The maximum atomic E-state index is 12.1. The number of benzene rings is 1. The summed E-state index contributed by atoms with van der Waals surface area (Å²) >= 11 is 0. The molecule has 1 aromatic carbocycles. The molecular weight excluding hydrogens is 286 g/mol. The van der Waals surface area contributed by atoms with Gasteiger partial charge in [0.05, 0.1) is 6.54 Å².